The van der Waals surface area contributed by atoms with Crippen molar-refractivity contribution in [2.45, 2.75) is 0 Å². The van der Waals surface area contributed by atoms with E-state index in [1.54, 1.807) is 5.43 Å². The molecule has 0 spiro atoms. The van der Waals surface area contributed by atoms with Crippen LogP contribution in [0.15, 0.2) is 18.4 Å². The average Bonchev–Trinajstić information content (AvgIpc) is 2.21. The van der Waals surface area contributed by atoms with Crippen molar-refractivity contribution < 1.29 is 13.7 Å². The number of carbonyl (C=O) groups excluding carboxylic acids is 2. The molecule has 1 heterocycles. The van der Waals surface area contributed by atoms with Crippen LogP contribution >= 0.6 is 0 Å². The van der Waals surface area contributed by atoms with Crippen molar-refractivity contribution in [1.29, 1.82) is 0 Å². The lowest BCUT2D eigenvalue weighted by molar-refractivity contribution is 0.0947. The fourth-order valence-corrected chi connectivity index (χ4v) is 0.628. The molecule has 62 valence electrons. The molecule has 0 aliphatic rings. The Morgan fingerprint density at radius 2 is 2.58 bits per heavy atom. The minimum atomic E-state index is -0.886. The summed E-state index contributed by atoms with van der Waals surface area (Å²) in [6, 6.07) is -0.500. The highest BCUT2D eigenvalue weighted by Gasteiger charge is 2.08. The number of aromatic nitrogens is 1. The summed E-state index contributed by atoms with van der Waals surface area (Å²) in [6.07, 6.45) is -0.860. The Labute approximate surface area is 72.8 Å². The van der Waals surface area contributed by atoms with E-state index in [4.69, 9.17) is 9.95 Å². The van der Waals surface area contributed by atoms with E-state index in [0.29, 0.717) is 0 Å². The van der Waals surface area contributed by atoms with Crippen LogP contribution in [0, 0.1) is 0 Å². The average molecular weight is 168 g/mol. The molecular formula is C7H7N3O2. The van der Waals surface area contributed by atoms with E-state index in [-0.39, 0.29) is 11.8 Å². The number of nitrogens with one attached hydrogen (secondary N) is 1. The van der Waals surface area contributed by atoms with Gasteiger partial charge < -0.3 is 0 Å². The van der Waals surface area contributed by atoms with E-state index in [2.05, 4.69) is 4.98 Å². The number of hydrogen-bond acceptors (Lipinski definition) is 4. The zero-order valence-corrected chi connectivity index (χ0v) is 5.92. The molecule has 0 bridgehead atoms. The standard InChI is InChI=1S/C7H7N3O2/c8-10-7(12)6-3-9-2-1-5(6)4-11/h1-4H,8H2,(H,10,12)/i1D,2D,3D. The molecule has 5 nitrogen and oxygen atoms in total. The molecule has 0 saturated heterocycles. The van der Waals surface area contributed by atoms with E-state index >= 15 is 0 Å². The number of nitrogens with two attached hydrogens (primary N) is 1. The Balaban J connectivity index is 3.56. The van der Waals surface area contributed by atoms with Crippen molar-refractivity contribution >= 4 is 12.2 Å². The third-order valence-corrected chi connectivity index (χ3v) is 1.16. The van der Waals surface area contributed by atoms with Crippen LogP contribution in [0.25, 0.3) is 0 Å². The van der Waals surface area contributed by atoms with Crippen molar-refractivity contribution in [2.24, 2.45) is 5.84 Å². The van der Waals surface area contributed by atoms with E-state index in [0.717, 1.165) is 0 Å². The molecule has 0 saturated carbocycles. The van der Waals surface area contributed by atoms with E-state index in [9.17, 15) is 9.59 Å². The number of nitrogens with zero attached hydrogens (tertiary/aromatic N) is 1. The Morgan fingerprint density at radius 1 is 1.83 bits per heavy atom. The van der Waals surface area contributed by atoms with Gasteiger partial charge in [-0.1, -0.05) is 0 Å². The summed E-state index contributed by atoms with van der Waals surface area (Å²) in [4.78, 5) is 25.1. The number of hydrazine groups is 1. The van der Waals surface area contributed by atoms with Crippen molar-refractivity contribution in [2.75, 3.05) is 0 Å². The number of rotatable bonds is 2. The molecule has 0 aliphatic carbocycles. The molecule has 0 atom stereocenters. The van der Waals surface area contributed by atoms with Gasteiger partial charge in [0.05, 0.1) is 9.68 Å². The molecule has 1 aromatic heterocycles. The molecular weight excluding hydrogens is 158 g/mol. The first-order valence-corrected chi connectivity index (χ1v) is 2.96. The first-order chi connectivity index (χ1) is 7.02. The topological polar surface area (TPSA) is 85.1 Å². The van der Waals surface area contributed by atoms with Gasteiger partial charge in [0.1, 0.15) is 0 Å². The van der Waals surface area contributed by atoms with E-state index < -0.39 is 29.9 Å². The van der Waals surface area contributed by atoms with Crippen LogP contribution in [0.5, 0.6) is 0 Å². The smallest absolute Gasteiger partial charge is 0.267 e. The van der Waals surface area contributed by atoms with Crippen LogP contribution in [0.2, 0.25) is 0 Å². The number of nitrogen functional groups attached to an aromatic ring is 1. The van der Waals surface area contributed by atoms with Crippen LogP contribution < -0.4 is 11.3 Å². The van der Waals surface area contributed by atoms with Gasteiger partial charge in [-0.3, -0.25) is 20.0 Å². The predicted octanol–water partition coefficient (Wildman–Crippen LogP) is -0.502. The monoisotopic (exact) mass is 168 g/mol. The summed E-state index contributed by atoms with van der Waals surface area (Å²) in [7, 11) is 0. The predicted molar refractivity (Wildman–Crippen MR) is 41.3 cm³/mol. The van der Waals surface area contributed by atoms with Gasteiger partial charge in [-0.05, 0) is 6.04 Å². The first kappa shape index (κ1) is 5.00. The summed E-state index contributed by atoms with van der Waals surface area (Å²) in [5.41, 5.74) is 0.988. The molecule has 0 radical (unpaired) electrons. The minimum absolute atomic E-state index is 0.227. The molecule has 1 rings (SSSR count). The zero-order chi connectivity index (χ0) is 11.6. The molecule has 0 unspecified atom stereocenters. The quantitative estimate of drug-likeness (QED) is 0.270. The summed E-state index contributed by atoms with van der Waals surface area (Å²) >= 11 is 0. The van der Waals surface area contributed by atoms with Gasteiger partial charge >= 0.3 is 0 Å². The fraction of sp³-hybridized carbons (Fsp3) is 0. The van der Waals surface area contributed by atoms with Gasteiger partial charge in [-0.15, -0.1) is 0 Å². The largest absolute Gasteiger partial charge is 0.298 e. The molecule has 0 aliphatic heterocycles. The van der Waals surface area contributed by atoms with Crippen molar-refractivity contribution in [3.05, 3.63) is 29.5 Å². The van der Waals surface area contributed by atoms with Crippen molar-refractivity contribution in [3.8, 4) is 0 Å². The second kappa shape index (κ2) is 3.59. The summed E-state index contributed by atoms with van der Waals surface area (Å²) in [6.45, 7) is 0. The third-order valence-electron chi connectivity index (χ3n) is 1.16. The summed E-state index contributed by atoms with van der Waals surface area (Å²) < 4.78 is 21.8. The SMILES string of the molecule is [2H]c1nc([2H])c(C(=O)NN)c(C=O)c1[2H]. The van der Waals surface area contributed by atoms with Gasteiger partial charge in [0, 0.05) is 17.9 Å². The minimum Gasteiger partial charge on any atom is -0.298 e. The Hall–Kier alpha value is -1.75. The van der Waals surface area contributed by atoms with Gasteiger partial charge in [0.15, 0.2) is 6.29 Å². The maximum Gasteiger partial charge on any atom is 0.267 e. The van der Waals surface area contributed by atoms with Crippen LogP contribution in [-0.4, -0.2) is 17.2 Å². The number of carbonyl (C=O) groups is 2. The molecule has 5 heteroatoms. The Morgan fingerprint density at radius 3 is 3.17 bits per heavy atom. The molecule has 12 heavy (non-hydrogen) atoms. The van der Waals surface area contributed by atoms with Crippen LogP contribution in [-0.2, 0) is 0 Å². The zero-order valence-electron chi connectivity index (χ0n) is 8.92. The lowest BCUT2D eigenvalue weighted by Crippen LogP contribution is -2.30. The molecule has 1 aromatic rings. The highest BCUT2D eigenvalue weighted by Crippen LogP contribution is 2.02. The lowest BCUT2D eigenvalue weighted by Gasteiger charge is -2.00. The lowest BCUT2D eigenvalue weighted by atomic mass is 10.1. The van der Waals surface area contributed by atoms with Crippen molar-refractivity contribution in [3.63, 3.8) is 0 Å². The number of hydrogen-bond donors (Lipinski definition) is 2. The Kier molecular flexibility index (Phi) is 1.49. The maximum absolute atomic E-state index is 11.2. The number of pyridine rings is 1. The Bertz CT molecular complexity index is 436. The fourth-order valence-electron chi connectivity index (χ4n) is 0.628. The molecule has 1 amide bonds. The van der Waals surface area contributed by atoms with E-state index in [1.165, 1.54) is 0 Å². The summed E-state index contributed by atoms with van der Waals surface area (Å²) in [5, 5.41) is 0. The highest BCUT2D eigenvalue weighted by atomic mass is 16.2. The van der Waals surface area contributed by atoms with Gasteiger partial charge in [0.25, 0.3) is 5.91 Å². The second-order valence-electron chi connectivity index (χ2n) is 1.84. The normalized spacial score (nSPS) is 12.6. The summed E-state index contributed by atoms with van der Waals surface area (Å²) in [5.74, 6) is 3.96. The third kappa shape index (κ3) is 1.46. The van der Waals surface area contributed by atoms with Crippen LogP contribution in [0.1, 0.15) is 24.8 Å². The van der Waals surface area contributed by atoms with Gasteiger partial charge in [-0.25, -0.2) is 5.84 Å². The second-order valence-corrected chi connectivity index (χ2v) is 1.84. The molecule has 0 aromatic carbocycles. The van der Waals surface area contributed by atoms with Crippen LogP contribution in [0.4, 0.5) is 0 Å². The maximum atomic E-state index is 11.2. The number of aldehydes is 1. The van der Waals surface area contributed by atoms with Gasteiger partial charge in [-0.2, -0.15) is 0 Å². The van der Waals surface area contributed by atoms with Crippen molar-refractivity contribution in [1.82, 2.24) is 10.4 Å². The first-order valence-electron chi connectivity index (χ1n) is 4.46. The van der Waals surface area contributed by atoms with E-state index in [1.807, 2.05) is 0 Å². The highest BCUT2D eigenvalue weighted by molar-refractivity contribution is 6.00. The molecule has 0 fully saturated rings. The van der Waals surface area contributed by atoms with Crippen LogP contribution in [0.3, 0.4) is 0 Å². The molecule has 3 N–H and O–H groups in total. The van der Waals surface area contributed by atoms with Gasteiger partial charge in [0.2, 0.25) is 0 Å². The number of amides is 1.